The third kappa shape index (κ3) is 5.98. The number of imidazole rings is 1. The largest absolute Gasteiger partial charge is 0.501 e. The van der Waals surface area contributed by atoms with Crippen LogP contribution in [0.15, 0.2) is 168 Å². The van der Waals surface area contributed by atoms with Crippen LogP contribution in [-0.4, -0.2) is 19.5 Å². The first-order valence-electron chi connectivity index (χ1n) is 16.9. The molecule has 0 fully saturated rings. The molecule has 0 amide bonds. The molecule has 4 aromatic heterocycles. The van der Waals surface area contributed by atoms with E-state index in [1.54, 1.807) is 6.20 Å². The van der Waals surface area contributed by atoms with Crippen molar-refractivity contribution < 1.29 is 24.5 Å². The number of para-hydroxylation sites is 2. The summed E-state index contributed by atoms with van der Waals surface area (Å²) >= 11 is 0. The standard InChI is InChI=1S/C35H22N3O.C11H8N.Ir/c1-22-32-33(28-15-8-9-18-30(28)36-22)38(25-13-6-3-7-14-25)35(37-32)29-17-10-16-27-26-20-19-24(21-31(26)39-34(27)29)23-11-4-2-5-12-23;1-2-6-10(7-3-1)11-8-4-5-9-12-11;/h2-16,18-21H,1H3;1-6,8-9H;/q2*-1;. The van der Waals surface area contributed by atoms with Gasteiger partial charge in [0, 0.05) is 42.8 Å². The number of rotatable bonds is 4. The number of aryl methyl sites for hydroxylation is 1. The summed E-state index contributed by atoms with van der Waals surface area (Å²) < 4.78 is 8.83. The van der Waals surface area contributed by atoms with Crippen molar-refractivity contribution >= 4 is 43.9 Å². The minimum absolute atomic E-state index is 0. The van der Waals surface area contributed by atoms with Gasteiger partial charge in [-0.15, -0.1) is 54.1 Å². The molecular formula is C46H30IrN4O-2. The molecule has 251 valence electrons. The van der Waals surface area contributed by atoms with E-state index in [4.69, 9.17) is 14.4 Å². The smallest absolute Gasteiger partial charge is 0.121 e. The van der Waals surface area contributed by atoms with Gasteiger partial charge in [-0.2, -0.15) is 0 Å². The second kappa shape index (κ2) is 14.2. The zero-order valence-corrected chi connectivity index (χ0v) is 30.5. The van der Waals surface area contributed by atoms with Crippen molar-refractivity contribution in [3.8, 4) is 39.5 Å². The van der Waals surface area contributed by atoms with Crippen LogP contribution in [0.2, 0.25) is 0 Å². The number of hydrogen-bond acceptors (Lipinski definition) is 4. The Bertz CT molecular complexity index is 2760. The molecule has 0 N–H and O–H groups in total. The minimum atomic E-state index is 0. The van der Waals surface area contributed by atoms with Gasteiger partial charge in [-0.25, -0.2) is 0 Å². The van der Waals surface area contributed by atoms with Gasteiger partial charge in [-0.3, -0.25) is 9.97 Å². The zero-order chi connectivity index (χ0) is 34.1. The van der Waals surface area contributed by atoms with Crippen LogP contribution < -0.4 is 0 Å². The summed E-state index contributed by atoms with van der Waals surface area (Å²) in [6.07, 6.45) is 1.79. The van der Waals surface area contributed by atoms with Gasteiger partial charge in [-0.1, -0.05) is 102 Å². The van der Waals surface area contributed by atoms with Crippen LogP contribution in [0, 0.1) is 19.1 Å². The van der Waals surface area contributed by atoms with Crippen molar-refractivity contribution in [1.29, 1.82) is 0 Å². The molecule has 0 saturated carbocycles. The number of furan rings is 1. The van der Waals surface area contributed by atoms with Crippen LogP contribution in [0.25, 0.3) is 83.3 Å². The third-order valence-electron chi connectivity index (χ3n) is 9.10. The van der Waals surface area contributed by atoms with Crippen LogP contribution in [0.1, 0.15) is 5.69 Å². The average molecular weight is 847 g/mol. The van der Waals surface area contributed by atoms with Gasteiger partial charge < -0.3 is 14.0 Å². The molecule has 0 atom stereocenters. The van der Waals surface area contributed by atoms with Crippen molar-refractivity contribution in [3.63, 3.8) is 0 Å². The van der Waals surface area contributed by atoms with Gasteiger partial charge in [0.25, 0.3) is 0 Å². The summed E-state index contributed by atoms with van der Waals surface area (Å²) in [7, 11) is 0. The summed E-state index contributed by atoms with van der Waals surface area (Å²) in [4.78, 5) is 14.3. The Kier molecular flexibility index (Phi) is 9.00. The monoisotopic (exact) mass is 847 g/mol. The molecule has 0 saturated heterocycles. The molecule has 6 heteroatoms. The predicted octanol–water partition coefficient (Wildman–Crippen LogP) is 11.5. The Hall–Kier alpha value is -6.20. The molecule has 5 nitrogen and oxygen atoms in total. The van der Waals surface area contributed by atoms with E-state index in [1.807, 2.05) is 73.7 Å². The molecule has 10 aromatic rings. The number of hydrogen-bond donors (Lipinski definition) is 0. The summed E-state index contributed by atoms with van der Waals surface area (Å²) in [5.41, 5.74) is 11.5. The molecular weight excluding hydrogens is 817 g/mol. The third-order valence-corrected chi connectivity index (χ3v) is 9.10. The van der Waals surface area contributed by atoms with Crippen molar-refractivity contribution in [2.45, 2.75) is 6.92 Å². The molecule has 1 radical (unpaired) electrons. The quantitative estimate of drug-likeness (QED) is 0.166. The topological polar surface area (TPSA) is 56.7 Å². The number of pyridine rings is 2. The Morgan fingerprint density at radius 2 is 1.38 bits per heavy atom. The summed E-state index contributed by atoms with van der Waals surface area (Å²) in [6, 6.07) is 59.7. The maximum absolute atomic E-state index is 6.60. The minimum Gasteiger partial charge on any atom is -0.501 e. The van der Waals surface area contributed by atoms with Crippen LogP contribution in [-0.2, 0) is 20.1 Å². The molecule has 6 aromatic carbocycles. The first-order chi connectivity index (χ1) is 25.2. The van der Waals surface area contributed by atoms with Crippen LogP contribution in [0.3, 0.4) is 0 Å². The van der Waals surface area contributed by atoms with E-state index in [0.717, 1.165) is 89.0 Å². The number of benzene rings is 6. The van der Waals surface area contributed by atoms with Crippen molar-refractivity contribution in [2.75, 3.05) is 0 Å². The van der Waals surface area contributed by atoms with Gasteiger partial charge in [0.05, 0.1) is 33.7 Å². The van der Waals surface area contributed by atoms with Crippen molar-refractivity contribution in [2.24, 2.45) is 0 Å². The Balaban J connectivity index is 0.000000253. The second-order valence-corrected chi connectivity index (χ2v) is 12.3. The van der Waals surface area contributed by atoms with Gasteiger partial charge in [0.15, 0.2) is 0 Å². The maximum atomic E-state index is 6.60. The molecule has 52 heavy (non-hydrogen) atoms. The molecule has 0 bridgehead atoms. The molecule has 10 rings (SSSR count). The number of nitrogens with zero attached hydrogens (tertiary/aromatic N) is 4. The number of aromatic nitrogens is 4. The van der Waals surface area contributed by atoms with E-state index >= 15 is 0 Å². The fourth-order valence-electron chi connectivity index (χ4n) is 6.71. The van der Waals surface area contributed by atoms with Gasteiger partial charge in [0.2, 0.25) is 0 Å². The van der Waals surface area contributed by atoms with E-state index in [9.17, 15) is 0 Å². The Morgan fingerprint density at radius 3 is 2.17 bits per heavy atom. The van der Waals surface area contributed by atoms with Crippen molar-refractivity contribution in [3.05, 3.63) is 182 Å². The normalized spacial score (nSPS) is 11.0. The molecule has 0 aliphatic heterocycles. The summed E-state index contributed by atoms with van der Waals surface area (Å²) in [6.45, 7) is 2.03. The van der Waals surface area contributed by atoms with Gasteiger partial charge in [-0.05, 0) is 54.1 Å². The number of fused-ring (bicyclic) bond motifs is 6. The predicted molar refractivity (Wildman–Crippen MR) is 207 cm³/mol. The SMILES string of the molecule is Cc1nc2ccccc2c2c1nc(-c1[c-]ccc3c1oc1cc(-c4ccccc4)ccc13)n2-c1ccccc1.[Ir].[c-]1ccccc1-c1ccccn1. The summed E-state index contributed by atoms with van der Waals surface area (Å²) in [5, 5.41) is 3.18. The first kappa shape index (κ1) is 33.0. The molecule has 4 heterocycles. The van der Waals surface area contributed by atoms with Crippen LogP contribution in [0.4, 0.5) is 0 Å². The summed E-state index contributed by atoms with van der Waals surface area (Å²) in [5.74, 6) is 0.783. The van der Waals surface area contributed by atoms with Gasteiger partial charge >= 0.3 is 0 Å². The second-order valence-electron chi connectivity index (χ2n) is 12.3. The first-order valence-corrected chi connectivity index (χ1v) is 16.9. The maximum Gasteiger partial charge on any atom is 0.121 e. The zero-order valence-electron chi connectivity index (χ0n) is 28.1. The molecule has 0 unspecified atom stereocenters. The van der Waals surface area contributed by atoms with E-state index in [2.05, 4.69) is 113 Å². The fourth-order valence-corrected chi connectivity index (χ4v) is 6.71. The van der Waals surface area contributed by atoms with Crippen LogP contribution in [0.5, 0.6) is 0 Å². The van der Waals surface area contributed by atoms with E-state index in [1.165, 1.54) is 0 Å². The van der Waals surface area contributed by atoms with E-state index in [-0.39, 0.29) is 20.1 Å². The van der Waals surface area contributed by atoms with E-state index in [0.29, 0.717) is 0 Å². The van der Waals surface area contributed by atoms with Crippen molar-refractivity contribution in [1.82, 2.24) is 19.5 Å². The molecule has 0 aliphatic carbocycles. The van der Waals surface area contributed by atoms with Crippen LogP contribution >= 0.6 is 0 Å². The molecule has 0 aliphatic rings. The van der Waals surface area contributed by atoms with Gasteiger partial charge in [0.1, 0.15) is 5.58 Å². The fraction of sp³-hybridized carbons (Fsp3) is 0.0217. The Labute approximate surface area is 314 Å². The average Bonchev–Trinajstić information content (AvgIpc) is 3.79. The Morgan fingerprint density at radius 1 is 0.615 bits per heavy atom. The molecule has 0 spiro atoms. The van der Waals surface area contributed by atoms with E-state index < -0.39 is 0 Å².